The van der Waals surface area contributed by atoms with E-state index in [2.05, 4.69) is 17.2 Å². The highest BCUT2D eigenvalue weighted by atomic mass is 32.1. The van der Waals surface area contributed by atoms with Gasteiger partial charge in [-0.2, -0.15) is 0 Å². The fourth-order valence-electron chi connectivity index (χ4n) is 2.13. The quantitative estimate of drug-likeness (QED) is 0.813. The van der Waals surface area contributed by atoms with E-state index in [1.165, 1.54) is 19.3 Å². The van der Waals surface area contributed by atoms with Crippen molar-refractivity contribution >= 4 is 32.4 Å². The number of hydrogen-bond acceptors (Lipinski definition) is 4. The number of nitrogens with two attached hydrogens (primary N) is 1. The first-order valence-corrected chi connectivity index (χ1v) is 6.95. The third kappa shape index (κ3) is 2.52. The van der Waals surface area contributed by atoms with Crippen LogP contribution in [0.15, 0.2) is 18.2 Å². The van der Waals surface area contributed by atoms with Gasteiger partial charge in [0.2, 0.25) is 0 Å². The Bertz CT molecular complexity index is 530. The highest BCUT2D eigenvalue weighted by Crippen LogP contribution is 2.35. The van der Waals surface area contributed by atoms with Gasteiger partial charge in [-0.15, -0.1) is 0 Å². The van der Waals surface area contributed by atoms with Crippen molar-refractivity contribution < 1.29 is 0 Å². The Morgan fingerprint density at radius 1 is 1.53 bits per heavy atom. The first-order valence-electron chi connectivity index (χ1n) is 6.13. The molecule has 1 saturated carbocycles. The van der Waals surface area contributed by atoms with E-state index in [1.54, 1.807) is 11.3 Å². The Morgan fingerprint density at radius 2 is 2.35 bits per heavy atom. The van der Waals surface area contributed by atoms with E-state index in [4.69, 9.17) is 5.73 Å². The number of thiazole rings is 1. The zero-order valence-electron chi connectivity index (χ0n) is 9.94. The number of benzene rings is 1. The van der Waals surface area contributed by atoms with Crippen LogP contribution in [-0.4, -0.2) is 11.0 Å². The van der Waals surface area contributed by atoms with E-state index < -0.39 is 0 Å². The lowest BCUT2D eigenvalue weighted by Crippen LogP contribution is -2.15. The van der Waals surface area contributed by atoms with Crippen molar-refractivity contribution in [3.8, 4) is 0 Å². The van der Waals surface area contributed by atoms with Gasteiger partial charge in [-0.05, 0) is 37.5 Å². The molecule has 3 N–H and O–H groups in total. The molecule has 90 valence electrons. The molecule has 2 aromatic rings. The lowest BCUT2D eigenvalue weighted by atomic mass is 10.2. The lowest BCUT2D eigenvalue weighted by Gasteiger charge is -2.11. The van der Waals surface area contributed by atoms with Crippen LogP contribution in [0.4, 0.5) is 10.8 Å². The first-order chi connectivity index (χ1) is 8.20. The molecular weight excluding hydrogens is 230 g/mol. The largest absolute Gasteiger partial charge is 0.399 e. The number of nitrogen functional groups attached to an aromatic ring is 1. The molecule has 4 heteroatoms. The van der Waals surface area contributed by atoms with Crippen molar-refractivity contribution in [3.63, 3.8) is 0 Å². The molecule has 1 aromatic heterocycles. The van der Waals surface area contributed by atoms with Crippen molar-refractivity contribution in [2.45, 2.75) is 32.2 Å². The second-order valence-electron chi connectivity index (χ2n) is 4.97. The van der Waals surface area contributed by atoms with Gasteiger partial charge in [-0.1, -0.05) is 24.2 Å². The van der Waals surface area contributed by atoms with Gasteiger partial charge in [0.05, 0.1) is 10.2 Å². The van der Waals surface area contributed by atoms with Crippen LogP contribution in [0.25, 0.3) is 10.2 Å². The van der Waals surface area contributed by atoms with E-state index in [9.17, 15) is 0 Å². The molecular formula is C13H17N3S. The minimum atomic E-state index is 0.514. The van der Waals surface area contributed by atoms with Crippen LogP contribution in [0, 0.1) is 5.92 Å². The van der Waals surface area contributed by atoms with Gasteiger partial charge >= 0.3 is 0 Å². The summed E-state index contributed by atoms with van der Waals surface area (Å²) in [4.78, 5) is 4.57. The van der Waals surface area contributed by atoms with E-state index in [-0.39, 0.29) is 0 Å². The van der Waals surface area contributed by atoms with Crippen molar-refractivity contribution in [1.29, 1.82) is 0 Å². The third-order valence-electron chi connectivity index (χ3n) is 3.17. The summed E-state index contributed by atoms with van der Waals surface area (Å²) in [5.41, 5.74) is 7.60. The molecule has 1 aliphatic rings. The van der Waals surface area contributed by atoms with Crippen LogP contribution in [0.5, 0.6) is 0 Å². The topological polar surface area (TPSA) is 50.9 Å². The number of aromatic nitrogens is 1. The summed E-state index contributed by atoms with van der Waals surface area (Å²) in [5.74, 6) is 0.947. The smallest absolute Gasteiger partial charge is 0.184 e. The van der Waals surface area contributed by atoms with Gasteiger partial charge < -0.3 is 11.1 Å². The fraction of sp³-hybridized carbons (Fsp3) is 0.462. The summed E-state index contributed by atoms with van der Waals surface area (Å²) in [5, 5.41) is 4.50. The van der Waals surface area contributed by atoms with E-state index in [0.717, 1.165) is 27.0 Å². The van der Waals surface area contributed by atoms with Crippen molar-refractivity contribution in [1.82, 2.24) is 4.98 Å². The zero-order chi connectivity index (χ0) is 11.8. The molecule has 1 atom stereocenters. The summed E-state index contributed by atoms with van der Waals surface area (Å²) in [7, 11) is 0. The predicted octanol–water partition coefficient (Wildman–Crippen LogP) is 3.48. The minimum Gasteiger partial charge on any atom is -0.399 e. The number of anilines is 2. The summed E-state index contributed by atoms with van der Waals surface area (Å²) in [6.07, 6.45) is 4.07. The molecule has 1 aromatic carbocycles. The van der Waals surface area contributed by atoms with Gasteiger partial charge in [0.25, 0.3) is 0 Å². The summed E-state index contributed by atoms with van der Waals surface area (Å²) in [6.45, 7) is 2.23. The number of nitrogens with zero attached hydrogens (tertiary/aromatic N) is 1. The Balaban J connectivity index is 1.75. The molecule has 0 aliphatic heterocycles. The maximum Gasteiger partial charge on any atom is 0.184 e. The first kappa shape index (κ1) is 10.8. The molecule has 0 amide bonds. The molecule has 0 radical (unpaired) electrons. The molecule has 0 bridgehead atoms. The normalized spacial score (nSPS) is 17.2. The molecule has 3 rings (SSSR count). The third-order valence-corrected chi connectivity index (χ3v) is 4.12. The average molecular weight is 247 g/mol. The summed E-state index contributed by atoms with van der Waals surface area (Å²) >= 11 is 1.69. The molecule has 1 aliphatic carbocycles. The maximum atomic E-state index is 5.77. The molecule has 17 heavy (non-hydrogen) atoms. The highest BCUT2D eigenvalue weighted by Gasteiger charge is 2.23. The average Bonchev–Trinajstić information content (AvgIpc) is 2.97. The second kappa shape index (κ2) is 4.18. The van der Waals surface area contributed by atoms with Crippen molar-refractivity contribution in [3.05, 3.63) is 18.2 Å². The van der Waals surface area contributed by atoms with E-state index in [0.29, 0.717) is 6.04 Å². The Labute approximate surface area is 105 Å². The summed E-state index contributed by atoms with van der Waals surface area (Å²) in [6, 6.07) is 6.39. The van der Waals surface area contributed by atoms with Gasteiger partial charge in [0.1, 0.15) is 0 Å². The molecule has 0 saturated heterocycles. The van der Waals surface area contributed by atoms with Crippen LogP contribution in [0.2, 0.25) is 0 Å². The van der Waals surface area contributed by atoms with Crippen LogP contribution < -0.4 is 11.1 Å². The zero-order valence-corrected chi connectivity index (χ0v) is 10.8. The molecule has 0 spiro atoms. The van der Waals surface area contributed by atoms with Crippen molar-refractivity contribution in [2.75, 3.05) is 11.1 Å². The summed E-state index contributed by atoms with van der Waals surface area (Å²) < 4.78 is 1.16. The van der Waals surface area contributed by atoms with E-state index >= 15 is 0 Å². The molecule has 1 unspecified atom stereocenters. The number of hydrogen-bond donors (Lipinski definition) is 2. The monoisotopic (exact) mass is 247 g/mol. The number of rotatable bonds is 4. The number of nitrogens with one attached hydrogen (secondary N) is 1. The maximum absolute atomic E-state index is 5.77. The van der Waals surface area contributed by atoms with Crippen molar-refractivity contribution in [2.24, 2.45) is 5.92 Å². The Kier molecular flexibility index (Phi) is 2.67. The van der Waals surface area contributed by atoms with Crippen LogP contribution in [0.1, 0.15) is 26.2 Å². The standard InChI is InChI=1S/C13H17N3S/c1-8(6-9-2-3-9)15-13-16-11-5-4-10(14)7-12(11)17-13/h4-5,7-9H,2-3,6,14H2,1H3,(H,15,16). The molecule has 3 nitrogen and oxygen atoms in total. The van der Waals surface area contributed by atoms with Gasteiger partial charge in [0.15, 0.2) is 5.13 Å². The SMILES string of the molecule is CC(CC1CC1)Nc1nc2ccc(N)cc2s1. The minimum absolute atomic E-state index is 0.514. The molecule has 1 heterocycles. The Hall–Kier alpha value is -1.29. The van der Waals surface area contributed by atoms with E-state index in [1.807, 2.05) is 18.2 Å². The number of fused-ring (bicyclic) bond motifs is 1. The van der Waals surface area contributed by atoms with Crippen LogP contribution >= 0.6 is 11.3 Å². The van der Waals surface area contributed by atoms with Gasteiger partial charge in [-0.25, -0.2) is 4.98 Å². The highest BCUT2D eigenvalue weighted by molar-refractivity contribution is 7.22. The fourth-order valence-corrected chi connectivity index (χ4v) is 3.15. The Morgan fingerprint density at radius 3 is 3.12 bits per heavy atom. The molecule has 1 fully saturated rings. The van der Waals surface area contributed by atoms with Gasteiger partial charge in [-0.3, -0.25) is 0 Å². The van der Waals surface area contributed by atoms with Gasteiger partial charge in [0, 0.05) is 11.7 Å². The van der Waals surface area contributed by atoms with Crippen LogP contribution in [-0.2, 0) is 0 Å². The van der Waals surface area contributed by atoms with Crippen LogP contribution in [0.3, 0.4) is 0 Å². The second-order valence-corrected chi connectivity index (χ2v) is 6.00. The lowest BCUT2D eigenvalue weighted by molar-refractivity contribution is 0.642. The predicted molar refractivity (Wildman–Crippen MR) is 74.5 cm³/mol.